The van der Waals surface area contributed by atoms with E-state index in [4.69, 9.17) is 0 Å². The van der Waals surface area contributed by atoms with Crippen molar-refractivity contribution in [3.63, 3.8) is 0 Å². The van der Waals surface area contributed by atoms with Crippen LogP contribution < -0.4 is 0 Å². The molecule has 0 aliphatic heterocycles. The zero-order valence-corrected chi connectivity index (χ0v) is 14.8. The SMILES string of the molecule is C[C@H]1C[C@@H]2[C@H](CC[C@]3(C)[C@H](O)C[C@@H]4C[C@]423)[C@@]2(C)CCC(=O)C=C12. The van der Waals surface area contributed by atoms with Gasteiger partial charge in [0.15, 0.2) is 5.78 Å². The van der Waals surface area contributed by atoms with E-state index >= 15 is 0 Å². The van der Waals surface area contributed by atoms with Crippen molar-refractivity contribution in [1.29, 1.82) is 0 Å². The highest BCUT2D eigenvalue weighted by Gasteiger charge is 2.78. The molecule has 0 amide bonds. The van der Waals surface area contributed by atoms with Crippen LogP contribution in [-0.2, 0) is 4.79 Å². The molecule has 0 aromatic rings. The first kappa shape index (κ1) is 14.7. The monoisotopic (exact) mass is 314 g/mol. The van der Waals surface area contributed by atoms with Gasteiger partial charge >= 0.3 is 0 Å². The standard InChI is InChI=1S/C21H30O2/c1-12-8-17-15(19(2)6-4-14(22)10-16(12)19)5-7-20(3)18(23)9-13-11-21(13,17)20/h10,12-13,15,17-18,23H,4-9,11H2,1-3H3/t12-,13+,15-,17+,18+,19+,20+,21-/m0/s1. The van der Waals surface area contributed by atoms with Gasteiger partial charge in [-0.05, 0) is 84.5 Å². The van der Waals surface area contributed by atoms with Crippen molar-refractivity contribution < 1.29 is 9.90 Å². The maximum Gasteiger partial charge on any atom is 0.155 e. The Morgan fingerprint density at radius 2 is 1.96 bits per heavy atom. The Balaban J connectivity index is 1.60. The topological polar surface area (TPSA) is 37.3 Å². The normalized spacial score (nSPS) is 60.3. The van der Waals surface area contributed by atoms with Gasteiger partial charge in [0.2, 0.25) is 0 Å². The number of fused-ring (bicyclic) bond motifs is 3. The third-order valence-electron chi connectivity index (χ3n) is 9.40. The number of allylic oxidation sites excluding steroid dienone is 1. The molecule has 0 radical (unpaired) electrons. The van der Waals surface area contributed by atoms with Gasteiger partial charge < -0.3 is 5.11 Å². The highest BCUT2D eigenvalue weighted by atomic mass is 16.3. The van der Waals surface area contributed by atoms with Crippen LogP contribution in [0.2, 0.25) is 0 Å². The molecule has 0 bridgehead atoms. The Morgan fingerprint density at radius 3 is 2.74 bits per heavy atom. The second-order valence-corrected chi connectivity index (χ2v) is 9.98. The van der Waals surface area contributed by atoms with Crippen LogP contribution in [0.15, 0.2) is 11.6 Å². The molecule has 5 aliphatic rings. The summed E-state index contributed by atoms with van der Waals surface area (Å²) in [4.78, 5) is 12.0. The summed E-state index contributed by atoms with van der Waals surface area (Å²) >= 11 is 0. The van der Waals surface area contributed by atoms with Crippen LogP contribution >= 0.6 is 0 Å². The zero-order valence-electron chi connectivity index (χ0n) is 14.8. The number of aliphatic hydroxyl groups excluding tert-OH is 1. The highest BCUT2D eigenvalue weighted by molar-refractivity contribution is 5.91. The van der Waals surface area contributed by atoms with E-state index in [1.807, 2.05) is 6.08 Å². The summed E-state index contributed by atoms with van der Waals surface area (Å²) in [6.45, 7) is 7.20. The molecule has 23 heavy (non-hydrogen) atoms. The summed E-state index contributed by atoms with van der Waals surface area (Å²) in [6, 6.07) is 0. The quantitative estimate of drug-likeness (QED) is 0.730. The Bertz CT molecular complexity index is 621. The maximum atomic E-state index is 12.0. The third kappa shape index (κ3) is 1.49. The van der Waals surface area contributed by atoms with Crippen molar-refractivity contribution in [2.24, 2.45) is 39.9 Å². The van der Waals surface area contributed by atoms with Crippen molar-refractivity contribution in [2.45, 2.75) is 71.8 Å². The lowest BCUT2D eigenvalue weighted by Crippen LogP contribution is -2.55. The molecule has 8 atom stereocenters. The minimum absolute atomic E-state index is 0.0739. The number of carbonyl (C=O) groups is 1. The van der Waals surface area contributed by atoms with Gasteiger partial charge in [-0.15, -0.1) is 0 Å². The van der Waals surface area contributed by atoms with Crippen LogP contribution in [0.1, 0.15) is 65.7 Å². The maximum absolute atomic E-state index is 12.0. The van der Waals surface area contributed by atoms with E-state index in [9.17, 15) is 9.90 Å². The number of ketones is 1. The van der Waals surface area contributed by atoms with Gasteiger partial charge in [0.25, 0.3) is 0 Å². The minimum atomic E-state index is -0.0739. The lowest BCUT2D eigenvalue weighted by atomic mass is 9.44. The van der Waals surface area contributed by atoms with Crippen LogP contribution in [0.25, 0.3) is 0 Å². The molecular weight excluding hydrogens is 284 g/mol. The summed E-state index contributed by atoms with van der Waals surface area (Å²) in [5.74, 6) is 3.18. The number of aliphatic hydroxyl groups is 1. The average molecular weight is 314 g/mol. The van der Waals surface area contributed by atoms with Gasteiger partial charge in [-0.3, -0.25) is 4.79 Å². The molecule has 1 N–H and O–H groups in total. The van der Waals surface area contributed by atoms with Crippen LogP contribution in [-0.4, -0.2) is 17.0 Å². The first-order valence-electron chi connectivity index (χ1n) is 9.76. The molecule has 5 rings (SSSR count). The number of hydrogen-bond acceptors (Lipinski definition) is 2. The molecule has 0 heterocycles. The van der Waals surface area contributed by atoms with Gasteiger partial charge in [0, 0.05) is 6.42 Å². The summed E-state index contributed by atoms with van der Waals surface area (Å²) in [7, 11) is 0. The van der Waals surface area contributed by atoms with Crippen LogP contribution in [0.4, 0.5) is 0 Å². The lowest BCUT2D eigenvalue weighted by molar-refractivity contribution is -0.122. The molecule has 4 fully saturated rings. The lowest BCUT2D eigenvalue weighted by Gasteiger charge is -2.60. The second kappa shape index (κ2) is 4.12. The van der Waals surface area contributed by atoms with Crippen molar-refractivity contribution >= 4 is 5.78 Å². The molecular formula is C21H30O2. The highest BCUT2D eigenvalue weighted by Crippen LogP contribution is 2.82. The molecule has 0 aromatic heterocycles. The molecule has 2 heteroatoms. The number of rotatable bonds is 0. The molecule has 5 aliphatic carbocycles. The fourth-order valence-corrected chi connectivity index (χ4v) is 8.16. The summed E-state index contributed by atoms with van der Waals surface area (Å²) in [5, 5.41) is 10.7. The molecule has 4 saturated carbocycles. The van der Waals surface area contributed by atoms with Crippen LogP contribution in [0.3, 0.4) is 0 Å². The van der Waals surface area contributed by atoms with E-state index in [0.717, 1.165) is 37.0 Å². The van der Waals surface area contributed by atoms with E-state index in [0.29, 0.717) is 17.1 Å². The second-order valence-electron chi connectivity index (χ2n) is 9.98. The molecule has 0 unspecified atom stereocenters. The van der Waals surface area contributed by atoms with E-state index in [1.165, 1.54) is 31.3 Å². The Labute approximate surface area is 139 Å². The van der Waals surface area contributed by atoms with Gasteiger partial charge in [0.1, 0.15) is 0 Å². The minimum Gasteiger partial charge on any atom is -0.393 e. The Hall–Kier alpha value is -0.630. The van der Waals surface area contributed by atoms with Crippen molar-refractivity contribution in [2.75, 3.05) is 0 Å². The van der Waals surface area contributed by atoms with Crippen molar-refractivity contribution in [1.82, 2.24) is 0 Å². The van der Waals surface area contributed by atoms with Crippen LogP contribution in [0, 0.1) is 39.9 Å². The average Bonchev–Trinajstić information content (AvgIpc) is 3.16. The van der Waals surface area contributed by atoms with Gasteiger partial charge in [-0.2, -0.15) is 0 Å². The van der Waals surface area contributed by atoms with Crippen molar-refractivity contribution in [3.8, 4) is 0 Å². The van der Waals surface area contributed by atoms with E-state index < -0.39 is 0 Å². The summed E-state index contributed by atoms with van der Waals surface area (Å²) in [5.41, 5.74) is 2.30. The predicted molar refractivity (Wildman–Crippen MR) is 89.7 cm³/mol. The first-order chi connectivity index (χ1) is 10.8. The fraction of sp³-hybridized carbons (Fsp3) is 0.857. The molecule has 2 nitrogen and oxygen atoms in total. The van der Waals surface area contributed by atoms with Gasteiger partial charge in [0.05, 0.1) is 6.10 Å². The smallest absolute Gasteiger partial charge is 0.155 e. The fourth-order valence-electron chi connectivity index (χ4n) is 8.16. The third-order valence-corrected chi connectivity index (χ3v) is 9.40. The molecule has 1 spiro atoms. The van der Waals surface area contributed by atoms with Gasteiger partial charge in [-0.1, -0.05) is 26.3 Å². The van der Waals surface area contributed by atoms with Crippen molar-refractivity contribution in [3.05, 3.63) is 11.6 Å². The van der Waals surface area contributed by atoms with E-state index in [2.05, 4.69) is 20.8 Å². The number of carbonyl (C=O) groups excluding carboxylic acids is 1. The van der Waals surface area contributed by atoms with E-state index in [1.54, 1.807) is 0 Å². The van der Waals surface area contributed by atoms with Crippen LogP contribution in [0.5, 0.6) is 0 Å². The van der Waals surface area contributed by atoms with E-state index in [-0.39, 0.29) is 16.9 Å². The molecule has 126 valence electrons. The van der Waals surface area contributed by atoms with Gasteiger partial charge in [-0.25, -0.2) is 0 Å². The Morgan fingerprint density at radius 1 is 1.17 bits per heavy atom. The number of hydrogen-bond donors (Lipinski definition) is 1. The molecule has 0 saturated heterocycles. The summed E-state index contributed by atoms with van der Waals surface area (Å²) in [6.07, 6.45) is 9.85. The first-order valence-corrected chi connectivity index (χ1v) is 9.76. The zero-order chi connectivity index (χ0) is 16.2. The molecule has 0 aromatic carbocycles. The Kier molecular flexibility index (Phi) is 2.63. The predicted octanol–water partition coefficient (Wildman–Crippen LogP) is 4.13. The largest absolute Gasteiger partial charge is 0.393 e. The summed E-state index contributed by atoms with van der Waals surface area (Å²) < 4.78 is 0.